The number of benzene rings is 1. The van der Waals surface area contributed by atoms with Gasteiger partial charge in [0.05, 0.1) is 16.8 Å². The SMILES string of the molecule is CN(CCN1CCN(c2ccc(S(=O)(=O)N3CCNCC3)cc2F)CC1)c1nc(N)n2nc(-c3ccco3)cc2n1. The van der Waals surface area contributed by atoms with Crippen LogP contribution >= 0.6 is 0 Å². The fraction of sp³-hybridized carbons (Fsp3) is 0.423. The molecule has 1 aromatic carbocycles. The summed E-state index contributed by atoms with van der Waals surface area (Å²) in [5.74, 6) is 0.837. The maximum absolute atomic E-state index is 15.1. The molecular formula is C26H33FN10O3S. The summed E-state index contributed by atoms with van der Waals surface area (Å²) in [6.07, 6.45) is 1.58. The van der Waals surface area contributed by atoms with Crippen molar-refractivity contribution in [2.45, 2.75) is 4.90 Å². The first-order valence-electron chi connectivity index (χ1n) is 13.6. The van der Waals surface area contributed by atoms with Crippen molar-refractivity contribution in [3.63, 3.8) is 0 Å². The molecule has 2 saturated heterocycles. The number of hydrogen-bond donors (Lipinski definition) is 2. The Balaban J connectivity index is 1.04. The number of piperazine rings is 2. The van der Waals surface area contributed by atoms with Gasteiger partial charge < -0.3 is 25.3 Å². The zero-order valence-corrected chi connectivity index (χ0v) is 23.6. The molecule has 5 heterocycles. The summed E-state index contributed by atoms with van der Waals surface area (Å²) >= 11 is 0. The zero-order chi connectivity index (χ0) is 28.6. The van der Waals surface area contributed by atoms with Crippen molar-refractivity contribution >= 4 is 33.3 Å². The van der Waals surface area contributed by atoms with Gasteiger partial charge in [-0.1, -0.05) is 0 Å². The molecule has 0 saturated carbocycles. The number of sulfonamides is 1. The third-order valence-corrected chi connectivity index (χ3v) is 9.44. The fourth-order valence-electron chi connectivity index (χ4n) is 5.15. The van der Waals surface area contributed by atoms with E-state index in [1.807, 2.05) is 22.9 Å². The molecule has 0 spiro atoms. The molecule has 2 fully saturated rings. The Hall–Kier alpha value is -3.79. The summed E-state index contributed by atoms with van der Waals surface area (Å²) in [4.78, 5) is 15.2. The summed E-state index contributed by atoms with van der Waals surface area (Å²) in [5, 5.41) is 7.56. The predicted molar refractivity (Wildman–Crippen MR) is 153 cm³/mol. The summed E-state index contributed by atoms with van der Waals surface area (Å²) < 4.78 is 49.2. The molecule has 0 radical (unpaired) electrons. The van der Waals surface area contributed by atoms with Crippen molar-refractivity contribution in [2.75, 3.05) is 88.0 Å². The molecule has 13 nitrogen and oxygen atoms in total. The maximum atomic E-state index is 15.1. The van der Waals surface area contributed by atoms with E-state index >= 15 is 4.39 Å². The number of nitrogen functional groups attached to an aromatic ring is 1. The highest BCUT2D eigenvalue weighted by Crippen LogP contribution is 2.26. The largest absolute Gasteiger partial charge is 0.463 e. The van der Waals surface area contributed by atoms with Crippen LogP contribution in [0.4, 0.5) is 22.0 Å². The minimum Gasteiger partial charge on any atom is -0.463 e. The van der Waals surface area contributed by atoms with E-state index in [9.17, 15) is 8.42 Å². The number of anilines is 3. The number of nitrogens with two attached hydrogens (primary N) is 1. The highest BCUT2D eigenvalue weighted by molar-refractivity contribution is 7.89. The predicted octanol–water partition coefficient (Wildman–Crippen LogP) is 0.958. The highest BCUT2D eigenvalue weighted by atomic mass is 32.2. The second-order valence-electron chi connectivity index (χ2n) is 10.2. The van der Waals surface area contributed by atoms with E-state index in [0.717, 1.165) is 25.7 Å². The van der Waals surface area contributed by atoms with E-state index in [4.69, 9.17) is 10.2 Å². The van der Waals surface area contributed by atoms with Crippen LogP contribution < -0.4 is 20.9 Å². The van der Waals surface area contributed by atoms with E-state index in [2.05, 4.69) is 25.3 Å². The van der Waals surface area contributed by atoms with Crippen LogP contribution in [0.5, 0.6) is 0 Å². The molecule has 218 valence electrons. The van der Waals surface area contributed by atoms with Crippen LogP contribution in [0.25, 0.3) is 17.1 Å². The number of hydrogen-bond acceptors (Lipinski definition) is 11. The van der Waals surface area contributed by atoms with Crippen LogP contribution in [0.2, 0.25) is 0 Å². The van der Waals surface area contributed by atoms with Gasteiger partial charge in [0, 0.05) is 78.6 Å². The van der Waals surface area contributed by atoms with Crippen LogP contribution in [0, 0.1) is 5.82 Å². The van der Waals surface area contributed by atoms with E-state index in [1.165, 1.54) is 14.9 Å². The average Bonchev–Trinajstić information content (AvgIpc) is 3.67. The topological polar surface area (TPSA) is 141 Å². The first kappa shape index (κ1) is 27.4. The lowest BCUT2D eigenvalue weighted by atomic mass is 10.2. The Morgan fingerprint density at radius 3 is 2.56 bits per heavy atom. The smallest absolute Gasteiger partial charge is 0.243 e. The molecule has 0 amide bonds. The van der Waals surface area contributed by atoms with Crippen molar-refractivity contribution < 1.29 is 17.2 Å². The Morgan fingerprint density at radius 1 is 1.07 bits per heavy atom. The van der Waals surface area contributed by atoms with Crippen LogP contribution in [0.15, 0.2) is 52.0 Å². The van der Waals surface area contributed by atoms with Crippen molar-refractivity contribution in [1.82, 2.24) is 34.1 Å². The van der Waals surface area contributed by atoms with Crippen LogP contribution in [-0.2, 0) is 10.0 Å². The minimum absolute atomic E-state index is 0.00325. The molecule has 2 aliphatic heterocycles. The summed E-state index contributed by atoms with van der Waals surface area (Å²) in [6, 6.07) is 9.66. The Kier molecular flexibility index (Phi) is 7.50. The number of nitrogens with zero attached hydrogens (tertiary/aromatic N) is 8. The number of aromatic nitrogens is 4. The Bertz CT molecular complexity index is 1610. The number of furan rings is 1. The molecule has 0 bridgehead atoms. The normalized spacial score (nSPS) is 17.4. The second kappa shape index (κ2) is 11.2. The minimum atomic E-state index is -3.71. The van der Waals surface area contributed by atoms with Gasteiger partial charge in [-0.3, -0.25) is 4.90 Å². The molecule has 6 rings (SSSR count). The highest BCUT2D eigenvalue weighted by Gasteiger charge is 2.28. The number of nitrogens with one attached hydrogen (secondary N) is 1. The molecular weight excluding hydrogens is 551 g/mol. The van der Waals surface area contributed by atoms with Crippen LogP contribution in [-0.4, -0.2) is 110 Å². The Morgan fingerprint density at radius 2 is 1.85 bits per heavy atom. The summed E-state index contributed by atoms with van der Waals surface area (Å²) in [5.41, 5.74) is 7.79. The van der Waals surface area contributed by atoms with Gasteiger partial charge in [0.25, 0.3) is 0 Å². The van der Waals surface area contributed by atoms with Crippen LogP contribution in [0.1, 0.15) is 0 Å². The molecule has 0 unspecified atom stereocenters. The number of fused-ring (bicyclic) bond motifs is 1. The van der Waals surface area contributed by atoms with Gasteiger partial charge in [-0.05, 0) is 30.3 Å². The number of likely N-dealkylation sites (N-methyl/N-ethyl adjacent to an activating group) is 1. The van der Waals surface area contributed by atoms with Crippen molar-refractivity contribution in [2.24, 2.45) is 0 Å². The third kappa shape index (κ3) is 5.57. The van der Waals surface area contributed by atoms with Gasteiger partial charge in [0.15, 0.2) is 11.4 Å². The molecule has 0 aliphatic carbocycles. The lowest BCUT2D eigenvalue weighted by molar-refractivity contribution is 0.262. The van der Waals surface area contributed by atoms with Gasteiger partial charge in [0.2, 0.25) is 21.9 Å². The van der Waals surface area contributed by atoms with Gasteiger partial charge in [-0.2, -0.15) is 23.9 Å². The number of rotatable bonds is 8. The second-order valence-corrected chi connectivity index (χ2v) is 12.1. The standard InChI is InChI=1S/C26H33FN10O3S/c1-33(26-30-24-18-21(23-3-2-16-40-23)32-37(24)25(28)31-26)10-11-34-12-14-35(15-13-34)22-5-4-19(17-20(22)27)41(38,39)36-8-6-29-7-9-36/h2-5,16-18,29H,6-15H2,1H3,(H2,28,30,31). The first-order valence-corrected chi connectivity index (χ1v) is 15.0. The molecule has 41 heavy (non-hydrogen) atoms. The monoisotopic (exact) mass is 584 g/mol. The van der Waals surface area contributed by atoms with Gasteiger partial charge in [0.1, 0.15) is 11.5 Å². The Labute approximate surface area is 237 Å². The van der Waals surface area contributed by atoms with Crippen molar-refractivity contribution in [1.29, 1.82) is 0 Å². The third-order valence-electron chi connectivity index (χ3n) is 7.55. The molecule has 3 aromatic heterocycles. The van der Waals surface area contributed by atoms with E-state index in [1.54, 1.807) is 24.5 Å². The quantitative estimate of drug-likeness (QED) is 0.306. The molecule has 0 atom stereocenters. The van der Waals surface area contributed by atoms with Gasteiger partial charge >= 0.3 is 0 Å². The molecule has 2 aliphatic rings. The molecule has 3 N–H and O–H groups in total. The zero-order valence-electron chi connectivity index (χ0n) is 22.8. The van der Waals surface area contributed by atoms with Gasteiger partial charge in [-0.25, -0.2) is 12.8 Å². The maximum Gasteiger partial charge on any atom is 0.243 e. The summed E-state index contributed by atoms with van der Waals surface area (Å²) in [7, 11) is -1.80. The lowest BCUT2D eigenvalue weighted by Gasteiger charge is -2.37. The van der Waals surface area contributed by atoms with Gasteiger partial charge in [-0.15, -0.1) is 0 Å². The first-order chi connectivity index (χ1) is 19.8. The van der Waals surface area contributed by atoms with E-state index in [-0.39, 0.29) is 10.8 Å². The van der Waals surface area contributed by atoms with Crippen molar-refractivity contribution in [3.8, 4) is 11.5 Å². The van der Waals surface area contributed by atoms with E-state index in [0.29, 0.717) is 74.6 Å². The lowest BCUT2D eigenvalue weighted by Crippen LogP contribution is -2.48. The molecule has 15 heteroatoms. The van der Waals surface area contributed by atoms with E-state index < -0.39 is 15.8 Å². The average molecular weight is 585 g/mol. The van der Waals surface area contributed by atoms with Crippen molar-refractivity contribution in [3.05, 3.63) is 48.5 Å². The fourth-order valence-corrected chi connectivity index (χ4v) is 6.61. The number of halogens is 1. The van der Waals surface area contributed by atoms with Crippen LogP contribution in [0.3, 0.4) is 0 Å². The summed E-state index contributed by atoms with van der Waals surface area (Å²) in [6.45, 7) is 6.12. The molecule has 4 aromatic rings.